The van der Waals surface area contributed by atoms with Crippen LogP contribution in [0.4, 0.5) is 0 Å². The number of carbonyl (C=O) groups is 1. The summed E-state index contributed by atoms with van der Waals surface area (Å²) >= 11 is 0. The number of hydrogen-bond acceptors (Lipinski definition) is 3. The molecule has 0 aliphatic heterocycles. The lowest BCUT2D eigenvalue weighted by atomic mass is 10.8. The van der Waals surface area contributed by atoms with E-state index < -0.39 is 16.7 Å². The van der Waals surface area contributed by atoms with Crippen molar-refractivity contribution >= 4 is 16.7 Å². The Morgan fingerprint density at radius 1 is 1.62 bits per heavy atom. The summed E-state index contributed by atoms with van der Waals surface area (Å²) in [6, 6.07) is 0. The van der Waals surface area contributed by atoms with E-state index in [1.165, 1.54) is 6.92 Å². The van der Waals surface area contributed by atoms with Crippen LogP contribution in [0.3, 0.4) is 0 Å². The fraction of sp³-hybridized carbons (Fsp3) is 0.667. The second-order valence-electron chi connectivity index (χ2n) is 1.49. The van der Waals surface area contributed by atoms with Crippen LogP contribution in [0.2, 0.25) is 0 Å². The minimum atomic E-state index is -2.82. The Bertz CT molecular complexity index is 97.2. The van der Waals surface area contributed by atoms with Crippen molar-refractivity contribution < 1.29 is 13.9 Å². The molecule has 0 saturated carbocycles. The average Bonchev–Trinajstić information content (AvgIpc) is 1.21. The van der Waals surface area contributed by atoms with Crippen molar-refractivity contribution in [2.75, 3.05) is 6.26 Å². The lowest BCUT2D eigenvalue weighted by Crippen LogP contribution is -2.23. The molecular weight excluding hydrogens is 130 g/mol. The van der Waals surface area contributed by atoms with Gasteiger partial charge in [0, 0.05) is 13.2 Å². The molecule has 50 valence electrons. The van der Waals surface area contributed by atoms with E-state index in [0.717, 1.165) is 6.26 Å². The van der Waals surface area contributed by atoms with E-state index in [1.807, 2.05) is 4.72 Å². The first-order chi connectivity index (χ1) is 3.42. The van der Waals surface area contributed by atoms with Crippen LogP contribution >= 0.6 is 10.8 Å². The first-order valence-electron chi connectivity index (χ1n) is 1.93. The molecular formula is C3H9NO3S. The van der Waals surface area contributed by atoms with Crippen LogP contribution in [0.1, 0.15) is 6.92 Å². The molecule has 0 aliphatic rings. The Kier molecular flexibility index (Phi) is 2.26. The van der Waals surface area contributed by atoms with E-state index in [-0.39, 0.29) is 0 Å². The van der Waals surface area contributed by atoms with Gasteiger partial charge in [0.15, 0.2) is 0 Å². The van der Waals surface area contributed by atoms with Crippen molar-refractivity contribution in [1.82, 2.24) is 4.72 Å². The van der Waals surface area contributed by atoms with E-state index in [2.05, 4.69) is 0 Å². The molecule has 0 fully saturated rings. The summed E-state index contributed by atoms with van der Waals surface area (Å²) in [5.41, 5.74) is 0. The molecule has 0 spiro atoms. The van der Waals surface area contributed by atoms with Crippen molar-refractivity contribution in [2.45, 2.75) is 6.92 Å². The molecule has 0 bridgehead atoms. The zero-order valence-corrected chi connectivity index (χ0v) is 5.53. The number of nitrogens with one attached hydrogen (secondary N) is 1. The molecule has 0 aliphatic carbocycles. The summed E-state index contributed by atoms with van der Waals surface area (Å²) in [5.74, 6) is -0.437. The van der Waals surface area contributed by atoms with Gasteiger partial charge >= 0.3 is 0 Å². The SMILES string of the molecule is CC(=O)NS(C)(O)O. The van der Waals surface area contributed by atoms with Gasteiger partial charge in [-0.2, -0.15) is 0 Å². The third kappa shape index (κ3) is 5.74. The van der Waals surface area contributed by atoms with E-state index in [1.54, 1.807) is 0 Å². The number of hydrogen-bond donors (Lipinski definition) is 3. The molecule has 0 aromatic carbocycles. The number of amides is 1. The zero-order valence-electron chi connectivity index (χ0n) is 4.71. The third-order valence-corrected chi connectivity index (χ3v) is 1.01. The molecule has 4 nitrogen and oxygen atoms in total. The highest BCUT2D eigenvalue weighted by Gasteiger charge is 2.02. The molecule has 8 heavy (non-hydrogen) atoms. The van der Waals surface area contributed by atoms with E-state index in [4.69, 9.17) is 9.11 Å². The number of carbonyl (C=O) groups excluding carboxylic acids is 1. The first-order valence-corrected chi connectivity index (χ1v) is 3.89. The van der Waals surface area contributed by atoms with Crippen molar-refractivity contribution in [3.05, 3.63) is 0 Å². The highest BCUT2D eigenvalue weighted by Crippen LogP contribution is 2.26. The summed E-state index contributed by atoms with van der Waals surface area (Å²) in [7, 11) is -2.82. The summed E-state index contributed by atoms with van der Waals surface area (Å²) in [4.78, 5) is 10.0. The normalized spacial score (nSPS) is 13.0. The maximum Gasteiger partial charge on any atom is 0.234 e. The molecule has 1 amide bonds. The lowest BCUT2D eigenvalue weighted by molar-refractivity contribution is -0.117. The van der Waals surface area contributed by atoms with Crippen molar-refractivity contribution in [1.29, 1.82) is 0 Å². The van der Waals surface area contributed by atoms with Gasteiger partial charge in [0.25, 0.3) is 0 Å². The summed E-state index contributed by atoms with van der Waals surface area (Å²) in [5, 5.41) is 0. The third-order valence-electron chi connectivity index (χ3n) is 0.337. The average molecular weight is 139 g/mol. The predicted molar refractivity (Wildman–Crippen MR) is 32.6 cm³/mol. The van der Waals surface area contributed by atoms with Crippen LogP contribution in [0, 0.1) is 0 Å². The van der Waals surface area contributed by atoms with Gasteiger partial charge in [-0.1, -0.05) is 0 Å². The van der Waals surface area contributed by atoms with Gasteiger partial charge in [-0.05, 0) is 0 Å². The standard InChI is InChI=1S/C3H9NO3S/c1-3(5)4-8(2,6)7/h6-7H,1-2H3,(H,4,5). The highest BCUT2D eigenvalue weighted by atomic mass is 32.3. The van der Waals surface area contributed by atoms with Crippen LogP contribution in [0.25, 0.3) is 0 Å². The second kappa shape index (κ2) is 2.34. The second-order valence-corrected chi connectivity index (χ2v) is 3.36. The zero-order chi connectivity index (χ0) is 6.78. The fourth-order valence-corrected chi connectivity index (χ4v) is 0.817. The van der Waals surface area contributed by atoms with Crippen LogP contribution < -0.4 is 4.72 Å². The highest BCUT2D eigenvalue weighted by molar-refractivity contribution is 8.22. The Balaban J connectivity index is 3.55. The Hall–Kier alpha value is -0.260. The maximum absolute atomic E-state index is 10.0. The molecule has 0 radical (unpaired) electrons. The summed E-state index contributed by atoms with van der Waals surface area (Å²) in [6.45, 7) is 1.22. The van der Waals surface area contributed by atoms with Gasteiger partial charge in [-0.3, -0.25) is 18.6 Å². The van der Waals surface area contributed by atoms with Crippen LogP contribution in [0.15, 0.2) is 0 Å². The van der Waals surface area contributed by atoms with Crippen molar-refractivity contribution in [3.63, 3.8) is 0 Å². The quantitative estimate of drug-likeness (QED) is 0.493. The van der Waals surface area contributed by atoms with Crippen molar-refractivity contribution in [2.24, 2.45) is 0 Å². The molecule has 0 atom stereocenters. The molecule has 0 aromatic heterocycles. The Morgan fingerprint density at radius 2 is 2.00 bits per heavy atom. The van der Waals surface area contributed by atoms with E-state index in [0.29, 0.717) is 0 Å². The molecule has 0 heterocycles. The summed E-state index contributed by atoms with van der Waals surface area (Å²) < 4.78 is 18.9. The van der Waals surface area contributed by atoms with E-state index in [9.17, 15) is 4.79 Å². The van der Waals surface area contributed by atoms with Gasteiger partial charge in [-0.25, -0.2) is 0 Å². The summed E-state index contributed by atoms with van der Waals surface area (Å²) in [6.07, 6.45) is 1.15. The van der Waals surface area contributed by atoms with Gasteiger partial charge < -0.3 is 0 Å². The van der Waals surface area contributed by atoms with E-state index >= 15 is 0 Å². The molecule has 5 heteroatoms. The molecule has 0 saturated heterocycles. The van der Waals surface area contributed by atoms with Crippen LogP contribution in [-0.4, -0.2) is 21.3 Å². The Labute approximate surface area is 49.4 Å². The maximum atomic E-state index is 10.0. The molecule has 0 rings (SSSR count). The van der Waals surface area contributed by atoms with Gasteiger partial charge in [0.2, 0.25) is 5.91 Å². The lowest BCUT2D eigenvalue weighted by Gasteiger charge is -2.26. The molecule has 0 unspecified atom stereocenters. The van der Waals surface area contributed by atoms with Crippen molar-refractivity contribution in [3.8, 4) is 0 Å². The largest absolute Gasteiger partial charge is 0.282 e. The number of rotatable bonds is 1. The van der Waals surface area contributed by atoms with Gasteiger partial charge in [0.05, 0.1) is 0 Å². The minimum Gasteiger partial charge on any atom is -0.282 e. The Morgan fingerprint density at radius 3 is 2.00 bits per heavy atom. The topological polar surface area (TPSA) is 69.6 Å². The monoisotopic (exact) mass is 139 g/mol. The van der Waals surface area contributed by atoms with Crippen LogP contribution in [-0.2, 0) is 4.79 Å². The minimum absolute atomic E-state index is 0.437. The first kappa shape index (κ1) is 7.74. The van der Waals surface area contributed by atoms with Gasteiger partial charge in [-0.15, -0.1) is 10.8 Å². The fourth-order valence-electron chi connectivity index (χ4n) is 0.272. The van der Waals surface area contributed by atoms with Crippen LogP contribution in [0.5, 0.6) is 0 Å². The predicted octanol–water partition coefficient (Wildman–Crippen LogP) is 0.418. The smallest absolute Gasteiger partial charge is 0.234 e. The molecule has 3 N–H and O–H groups in total. The van der Waals surface area contributed by atoms with Gasteiger partial charge in [0.1, 0.15) is 0 Å². The molecule has 0 aromatic rings.